The summed E-state index contributed by atoms with van der Waals surface area (Å²) in [6.45, 7) is 15.7. The largest absolute Gasteiger partial charge is 0.344 e. The zero-order valence-corrected chi connectivity index (χ0v) is 31.7. The summed E-state index contributed by atoms with van der Waals surface area (Å²) >= 11 is 7.30. The minimum Gasteiger partial charge on any atom is -0.344 e. The second-order valence-corrected chi connectivity index (χ2v) is 15.3. The minimum absolute atomic E-state index is 0.125. The summed E-state index contributed by atoms with van der Waals surface area (Å²) in [5, 5.41) is 5.88. The average Bonchev–Trinajstić information content (AvgIpc) is 3.23. The average molecular weight is 681 g/mol. The summed E-state index contributed by atoms with van der Waals surface area (Å²) in [6, 6.07) is 20.0. The Labute approximate surface area is 305 Å². The van der Waals surface area contributed by atoms with Crippen molar-refractivity contribution in [3.8, 4) is 0 Å². The number of nitrogens with zero attached hydrogens (tertiary/aromatic N) is 2. The van der Waals surface area contributed by atoms with Crippen LogP contribution in [0.25, 0.3) is 22.6 Å². The Morgan fingerprint density at radius 3 is 2.60 bits per heavy atom. The molecular weight excluding hydrogens is 628 g/mol. The molecule has 3 heteroatoms. The van der Waals surface area contributed by atoms with Crippen molar-refractivity contribution in [2.24, 2.45) is 4.99 Å². The van der Waals surface area contributed by atoms with Crippen molar-refractivity contribution in [3.05, 3.63) is 141 Å². The Morgan fingerprint density at radius 1 is 0.960 bits per heavy atom. The van der Waals surface area contributed by atoms with Crippen molar-refractivity contribution in [1.29, 1.82) is 0 Å². The molecule has 0 bridgehead atoms. The maximum absolute atomic E-state index is 7.30. The number of benzene rings is 3. The molecule has 0 unspecified atom stereocenters. The number of fused-ring (bicyclic) bond motifs is 4. The Kier molecular flexibility index (Phi) is 11.0. The Hall–Kier alpha value is -4.10. The van der Waals surface area contributed by atoms with Crippen LogP contribution in [0, 0.1) is 0 Å². The fourth-order valence-electron chi connectivity index (χ4n) is 7.87. The molecule has 0 atom stereocenters. The van der Waals surface area contributed by atoms with Gasteiger partial charge in [0.1, 0.15) is 0 Å². The van der Waals surface area contributed by atoms with Gasteiger partial charge in [-0.05, 0) is 101 Å². The van der Waals surface area contributed by atoms with Gasteiger partial charge in [-0.15, -0.1) is 5.73 Å². The van der Waals surface area contributed by atoms with Gasteiger partial charge in [-0.25, -0.2) is 0 Å². The number of aliphatic imine (C=N–C) groups is 1. The molecule has 3 aromatic rings. The lowest BCUT2D eigenvalue weighted by Crippen LogP contribution is -2.39. The highest BCUT2D eigenvalue weighted by Crippen LogP contribution is 2.51. The topological polar surface area (TPSA) is 15.6 Å². The molecule has 1 aliphatic heterocycles. The van der Waals surface area contributed by atoms with E-state index in [2.05, 4.69) is 143 Å². The highest BCUT2D eigenvalue weighted by molar-refractivity contribution is 6.32. The molecule has 0 saturated carbocycles. The minimum atomic E-state index is -0.300. The van der Waals surface area contributed by atoms with Gasteiger partial charge in [0.2, 0.25) is 0 Å². The summed E-state index contributed by atoms with van der Waals surface area (Å²) < 4.78 is 0. The molecule has 0 fully saturated rings. The molecule has 0 amide bonds. The maximum Gasteiger partial charge on any atom is 0.0470 e. The van der Waals surface area contributed by atoms with Crippen LogP contribution >= 0.6 is 11.6 Å². The summed E-state index contributed by atoms with van der Waals surface area (Å²) in [4.78, 5) is 7.78. The van der Waals surface area contributed by atoms with Crippen molar-refractivity contribution >= 4 is 45.6 Å². The van der Waals surface area contributed by atoms with Gasteiger partial charge >= 0.3 is 0 Å². The highest BCUT2D eigenvalue weighted by Gasteiger charge is 2.41. The molecule has 0 spiro atoms. The SMILES string of the molecule is CCCCN=C(/C=C/C1=C(Cl)C(=C/C=C2/N(CCCC)c3ccc4ccccc4c3C2(C)C)/CCC1)C(C)(C)c1cccc2c1=CC=CC=C=2. The van der Waals surface area contributed by atoms with Crippen molar-refractivity contribution in [2.45, 2.75) is 97.3 Å². The summed E-state index contributed by atoms with van der Waals surface area (Å²) in [7, 11) is 0. The van der Waals surface area contributed by atoms with Gasteiger partial charge < -0.3 is 4.90 Å². The molecule has 3 aromatic carbocycles. The van der Waals surface area contributed by atoms with Crippen LogP contribution < -0.4 is 15.3 Å². The van der Waals surface area contributed by atoms with Gasteiger partial charge in [0, 0.05) is 51.3 Å². The molecule has 2 aliphatic carbocycles. The van der Waals surface area contributed by atoms with Crippen LogP contribution in [-0.4, -0.2) is 18.8 Å². The fraction of sp³-hybridized carbons (Fsp3) is 0.362. The van der Waals surface area contributed by atoms with Crippen molar-refractivity contribution in [1.82, 2.24) is 0 Å². The van der Waals surface area contributed by atoms with Gasteiger partial charge in [-0.1, -0.05) is 139 Å². The van der Waals surface area contributed by atoms with E-state index in [4.69, 9.17) is 16.6 Å². The van der Waals surface area contributed by atoms with E-state index in [1.807, 2.05) is 12.2 Å². The molecule has 3 aliphatic rings. The van der Waals surface area contributed by atoms with Crippen molar-refractivity contribution in [3.63, 3.8) is 0 Å². The molecule has 1 heterocycles. The van der Waals surface area contributed by atoms with Crippen LogP contribution in [0.4, 0.5) is 5.69 Å². The number of unbranched alkanes of at least 4 members (excludes halogenated alkanes) is 2. The van der Waals surface area contributed by atoms with Crippen LogP contribution in [0.5, 0.6) is 0 Å². The first-order chi connectivity index (χ1) is 24.2. The second-order valence-electron chi connectivity index (χ2n) is 15.0. The van der Waals surface area contributed by atoms with E-state index in [0.717, 1.165) is 74.0 Å². The highest BCUT2D eigenvalue weighted by atomic mass is 35.5. The number of hydrogen-bond acceptors (Lipinski definition) is 2. The lowest BCUT2D eigenvalue weighted by atomic mass is 9.78. The van der Waals surface area contributed by atoms with Crippen LogP contribution in [-0.2, 0) is 10.8 Å². The second kappa shape index (κ2) is 15.4. The Bertz CT molecular complexity index is 2110. The third-order valence-electron chi connectivity index (χ3n) is 10.8. The van der Waals surface area contributed by atoms with Crippen LogP contribution in [0.15, 0.2) is 124 Å². The zero-order chi connectivity index (χ0) is 35.3. The van der Waals surface area contributed by atoms with Gasteiger partial charge in [-0.3, -0.25) is 4.99 Å². The van der Waals surface area contributed by atoms with E-state index in [0.29, 0.717) is 0 Å². The van der Waals surface area contributed by atoms with Crippen LogP contribution in [0.3, 0.4) is 0 Å². The van der Waals surface area contributed by atoms with E-state index >= 15 is 0 Å². The monoisotopic (exact) mass is 680 g/mol. The molecule has 2 nitrogen and oxygen atoms in total. The molecule has 0 aromatic heterocycles. The molecule has 258 valence electrons. The standard InChI is InChI=1S/C47H53ClN2/c1-7-9-32-49-42(46(3,4)40-25-17-20-34-18-12-11-13-23-38(34)40)30-27-36-21-16-22-37(45(36)48)28-31-43-47(5,6)44-39-24-15-14-19-35(39)26-29-41(44)50(43)33-10-8-2/h11-15,17,19-20,23-31H,7-10,16,21-22,32-33H2,1-6H3/b30-27+,37-28+,43-31+,49-42?. The molecular formula is C47H53ClN2. The number of halogens is 1. The smallest absolute Gasteiger partial charge is 0.0470 e. The third-order valence-corrected chi connectivity index (χ3v) is 11.2. The zero-order valence-electron chi connectivity index (χ0n) is 31.0. The third kappa shape index (κ3) is 7.07. The summed E-state index contributed by atoms with van der Waals surface area (Å²) in [5.74, 6) is 0. The van der Waals surface area contributed by atoms with Crippen LogP contribution in [0.1, 0.15) is 97.6 Å². The van der Waals surface area contributed by atoms with Crippen molar-refractivity contribution in [2.75, 3.05) is 18.0 Å². The predicted molar refractivity (Wildman–Crippen MR) is 219 cm³/mol. The van der Waals surface area contributed by atoms with E-state index in [-0.39, 0.29) is 10.8 Å². The quantitative estimate of drug-likeness (QED) is 0.145. The van der Waals surface area contributed by atoms with E-state index in [9.17, 15) is 0 Å². The van der Waals surface area contributed by atoms with E-state index in [1.54, 1.807) is 0 Å². The Balaban J connectivity index is 1.37. The predicted octanol–water partition coefficient (Wildman–Crippen LogP) is 11.3. The van der Waals surface area contributed by atoms with Gasteiger partial charge in [0.15, 0.2) is 0 Å². The number of anilines is 1. The number of allylic oxidation sites excluding steroid dienone is 11. The Morgan fingerprint density at radius 2 is 1.78 bits per heavy atom. The lowest BCUT2D eigenvalue weighted by molar-refractivity contribution is 0.628. The number of hydrogen-bond donors (Lipinski definition) is 0. The maximum atomic E-state index is 7.30. The fourth-order valence-corrected chi connectivity index (χ4v) is 8.19. The van der Waals surface area contributed by atoms with E-state index in [1.165, 1.54) is 49.6 Å². The van der Waals surface area contributed by atoms with Crippen molar-refractivity contribution < 1.29 is 0 Å². The van der Waals surface area contributed by atoms with Crippen LogP contribution in [0.2, 0.25) is 0 Å². The first-order valence-electron chi connectivity index (χ1n) is 18.7. The number of rotatable bonds is 11. The normalized spacial score (nSPS) is 18.9. The first kappa shape index (κ1) is 35.7. The lowest BCUT2D eigenvalue weighted by Gasteiger charge is -2.27. The molecule has 0 radical (unpaired) electrons. The molecule has 50 heavy (non-hydrogen) atoms. The summed E-state index contributed by atoms with van der Waals surface area (Å²) in [5.41, 5.74) is 11.9. The molecule has 0 saturated heterocycles. The first-order valence-corrected chi connectivity index (χ1v) is 19.1. The van der Waals surface area contributed by atoms with E-state index < -0.39 is 0 Å². The molecule has 0 N–H and O–H groups in total. The molecule has 6 rings (SSSR count). The summed E-state index contributed by atoms with van der Waals surface area (Å²) in [6.07, 6.45) is 25.1. The van der Waals surface area contributed by atoms with Gasteiger partial charge in [0.25, 0.3) is 0 Å². The van der Waals surface area contributed by atoms with Gasteiger partial charge in [-0.2, -0.15) is 0 Å². The van der Waals surface area contributed by atoms with Gasteiger partial charge in [0.05, 0.1) is 0 Å².